The zero-order chi connectivity index (χ0) is 18.9. The van der Waals surface area contributed by atoms with Crippen molar-refractivity contribution in [3.8, 4) is 5.75 Å². The number of benzene rings is 3. The van der Waals surface area contributed by atoms with Gasteiger partial charge < -0.3 is 9.67 Å². The molecule has 1 heterocycles. The van der Waals surface area contributed by atoms with Crippen molar-refractivity contribution in [1.82, 2.24) is 9.55 Å². The zero-order valence-corrected chi connectivity index (χ0v) is 15.6. The standard InChI is InChI=1S/C23H19ClN2O/c1-17-22(24)26(16-25-17)23(18-9-4-2-5-10-18,19-11-6-3-7-12-19)20-13-8-14-21(27)15-20/h2-16,27H,1H3. The number of phenolic OH excluding ortho intramolecular Hbond substituents is 1. The Labute approximate surface area is 163 Å². The Morgan fingerprint density at radius 2 is 1.37 bits per heavy atom. The van der Waals surface area contributed by atoms with Crippen molar-refractivity contribution >= 4 is 11.6 Å². The second-order valence-corrected chi connectivity index (χ2v) is 6.84. The number of halogens is 1. The summed E-state index contributed by atoms with van der Waals surface area (Å²) in [4.78, 5) is 4.45. The van der Waals surface area contributed by atoms with Crippen LogP contribution in [0, 0.1) is 6.92 Å². The van der Waals surface area contributed by atoms with Crippen molar-refractivity contribution in [2.75, 3.05) is 0 Å². The molecule has 0 aliphatic rings. The van der Waals surface area contributed by atoms with E-state index < -0.39 is 5.54 Å². The zero-order valence-electron chi connectivity index (χ0n) is 14.9. The van der Waals surface area contributed by atoms with Gasteiger partial charge in [0.05, 0.1) is 12.0 Å². The van der Waals surface area contributed by atoms with Gasteiger partial charge in [0.25, 0.3) is 0 Å². The fraction of sp³-hybridized carbons (Fsp3) is 0.0870. The summed E-state index contributed by atoms with van der Waals surface area (Å²) in [5.41, 5.74) is 2.95. The molecule has 1 N–H and O–H groups in total. The van der Waals surface area contributed by atoms with Gasteiger partial charge >= 0.3 is 0 Å². The van der Waals surface area contributed by atoms with E-state index in [2.05, 4.69) is 29.2 Å². The maximum Gasteiger partial charge on any atom is 0.132 e. The minimum absolute atomic E-state index is 0.205. The highest BCUT2D eigenvalue weighted by Crippen LogP contribution is 2.43. The molecule has 1 aromatic heterocycles. The number of aryl methyl sites for hydroxylation is 1. The first-order valence-electron chi connectivity index (χ1n) is 8.74. The number of phenols is 1. The van der Waals surface area contributed by atoms with Crippen LogP contribution in [0.25, 0.3) is 0 Å². The van der Waals surface area contributed by atoms with Crippen LogP contribution in [-0.4, -0.2) is 14.7 Å². The molecule has 0 atom stereocenters. The van der Waals surface area contributed by atoms with Crippen LogP contribution < -0.4 is 0 Å². The SMILES string of the molecule is Cc1ncn(C(c2ccccc2)(c2ccccc2)c2cccc(O)c2)c1Cl. The van der Waals surface area contributed by atoms with Gasteiger partial charge in [-0.2, -0.15) is 0 Å². The first-order chi connectivity index (χ1) is 13.1. The summed E-state index contributed by atoms with van der Waals surface area (Å²) >= 11 is 6.72. The number of aromatic nitrogens is 2. The van der Waals surface area contributed by atoms with E-state index >= 15 is 0 Å². The van der Waals surface area contributed by atoms with E-state index in [1.54, 1.807) is 18.5 Å². The number of nitrogens with zero attached hydrogens (tertiary/aromatic N) is 2. The second-order valence-electron chi connectivity index (χ2n) is 6.48. The van der Waals surface area contributed by atoms with Crippen LogP contribution in [0.5, 0.6) is 5.75 Å². The lowest BCUT2D eigenvalue weighted by molar-refractivity contribution is 0.467. The molecule has 0 radical (unpaired) electrons. The lowest BCUT2D eigenvalue weighted by atomic mass is 9.76. The highest BCUT2D eigenvalue weighted by Gasteiger charge is 2.40. The van der Waals surface area contributed by atoms with Gasteiger partial charge in [-0.05, 0) is 35.7 Å². The summed E-state index contributed by atoms with van der Waals surface area (Å²) in [6.45, 7) is 1.89. The molecular weight excluding hydrogens is 356 g/mol. The Kier molecular flexibility index (Phi) is 4.46. The Hall–Kier alpha value is -3.04. The lowest BCUT2D eigenvalue weighted by Crippen LogP contribution is -2.37. The third kappa shape index (κ3) is 2.81. The van der Waals surface area contributed by atoms with Crippen LogP contribution in [-0.2, 0) is 5.54 Å². The predicted molar refractivity (Wildman–Crippen MR) is 108 cm³/mol. The fourth-order valence-electron chi connectivity index (χ4n) is 3.66. The highest BCUT2D eigenvalue weighted by molar-refractivity contribution is 6.30. The van der Waals surface area contributed by atoms with Gasteiger partial charge in [0.15, 0.2) is 0 Å². The Balaban J connectivity index is 2.18. The monoisotopic (exact) mass is 374 g/mol. The Bertz CT molecular complexity index is 1020. The normalized spacial score (nSPS) is 11.5. The second kappa shape index (κ2) is 6.93. The van der Waals surface area contributed by atoms with Gasteiger partial charge in [-0.15, -0.1) is 0 Å². The minimum atomic E-state index is -0.764. The van der Waals surface area contributed by atoms with Gasteiger partial charge in [-0.1, -0.05) is 84.4 Å². The van der Waals surface area contributed by atoms with Crippen LogP contribution in [0.2, 0.25) is 5.15 Å². The van der Waals surface area contributed by atoms with Gasteiger partial charge in [0, 0.05) is 0 Å². The van der Waals surface area contributed by atoms with Crippen molar-refractivity contribution in [2.24, 2.45) is 0 Å². The molecule has 134 valence electrons. The molecule has 4 rings (SSSR count). The van der Waals surface area contributed by atoms with E-state index in [-0.39, 0.29) is 5.75 Å². The van der Waals surface area contributed by atoms with Gasteiger partial charge in [0.2, 0.25) is 0 Å². The highest BCUT2D eigenvalue weighted by atomic mass is 35.5. The van der Waals surface area contributed by atoms with E-state index in [0.29, 0.717) is 5.15 Å². The Morgan fingerprint density at radius 1 is 0.815 bits per heavy atom. The molecule has 3 nitrogen and oxygen atoms in total. The van der Waals surface area contributed by atoms with Crippen molar-refractivity contribution in [1.29, 1.82) is 0 Å². The molecule has 0 saturated heterocycles. The molecule has 0 aliphatic carbocycles. The fourth-order valence-corrected chi connectivity index (χ4v) is 3.88. The van der Waals surface area contributed by atoms with E-state index in [9.17, 15) is 5.11 Å². The van der Waals surface area contributed by atoms with Crippen LogP contribution in [0.15, 0.2) is 91.3 Å². The molecule has 0 amide bonds. The van der Waals surface area contributed by atoms with Crippen molar-refractivity contribution in [3.63, 3.8) is 0 Å². The number of aromatic hydroxyl groups is 1. The average molecular weight is 375 g/mol. The van der Waals surface area contributed by atoms with E-state index in [4.69, 9.17) is 11.6 Å². The number of imidazole rings is 1. The summed E-state index contributed by atoms with van der Waals surface area (Å²) in [6.07, 6.45) is 1.77. The molecule has 0 aliphatic heterocycles. The summed E-state index contributed by atoms with van der Waals surface area (Å²) in [5.74, 6) is 0.205. The number of hydrogen-bond donors (Lipinski definition) is 1. The molecule has 0 bridgehead atoms. The molecule has 0 unspecified atom stereocenters. The van der Waals surface area contributed by atoms with Crippen molar-refractivity contribution < 1.29 is 5.11 Å². The predicted octanol–water partition coefficient (Wildman–Crippen LogP) is 5.39. The average Bonchev–Trinajstić information content (AvgIpc) is 3.04. The van der Waals surface area contributed by atoms with E-state index in [1.807, 2.05) is 60.0 Å². The third-order valence-electron chi connectivity index (χ3n) is 4.89. The topological polar surface area (TPSA) is 38.0 Å². The number of rotatable bonds is 4. The smallest absolute Gasteiger partial charge is 0.132 e. The summed E-state index contributed by atoms with van der Waals surface area (Å²) < 4.78 is 1.98. The maximum absolute atomic E-state index is 10.2. The van der Waals surface area contributed by atoms with Gasteiger partial charge in [-0.25, -0.2) is 4.98 Å². The van der Waals surface area contributed by atoms with Gasteiger partial charge in [-0.3, -0.25) is 0 Å². The first-order valence-corrected chi connectivity index (χ1v) is 9.12. The van der Waals surface area contributed by atoms with Crippen molar-refractivity contribution in [3.05, 3.63) is 119 Å². The molecule has 4 heteroatoms. The quantitative estimate of drug-likeness (QED) is 0.486. The summed E-state index contributed by atoms with van der Waals surface area (Å²) in [5, 5.41) is 10.8. The minimum Gasteiger partial charge on any atom is -0.508 e. The molecule has 4 aromatic rings. The molecule has 27 heavy (non-hydrogen) atoms. The maximum atomic E-state index is 10.2. The molecule has 0 fully saturated rings. The number of hydrogen-bond acceptors (Lipinski definition) is 2. The molecule has 0 spiro atoms. The van der Waals surface area contributed by atoms with Crippen molar-refractivity contribution in [2.45, 2.75) is 12.5 Å². The van der Waals surface area contributed by atoms with Crippen LogP contribution in [0.1, 0.15) is 22.4 Å². The first kappa shape index (κ1) is 17.4. The van der Waals surface area contributed by atoms with E-state index in [0.717, 1.165) is 22.4 Å². The molecule has 3 aromatic carbocycles. The lowest BCUT2D eigenvalue weighted by Gasteiger charge is -2.38. The van der Waals surface area contributed by atoms with E-state index in [1.165, 1.54) is 0 Å². The summed E-state index contributed by atoms with van der Waals surface area (Å²) in [6, 6.07) is 27.6. The summed E-state index contributed by atoms with van der Waals surface area (Å²) in [7, 11) is 0. The molecular formula is C23H19ClN2O. The Morgan fingerprint density at radius 3 is 1.85 bits per heavy atom. The largest absolute Gasteiger partial charge is 0.508 e. The van der Waals surface area contributed by atoms with Crippen LogP contribution >= 0.6 is 11.6 Å². The van der Waals surface area contributed by atoms with Crippen LogP contribution in [0.3, 0.4) is 0 Å². The van der Waals surface area contributed by atoms with Crippen LogP contribution in [0.4, 0.5) is 0 Å². The third-order valence-corrected chi connectivity index (χ3v) is 5.34. The molecule has 0 saturated carbocycles. The van der Waals surface area contributed by atoms with Gasteiger partial charge in [0.1, 0.15) is 16.4 Å².